The summed E-state index contributed by atoms with van der Waals surface area (Å²) in [5.74, 6) is -0.515. The van der Waals surface area contributed by atoms with Crippen LogP contribution < -0.4 is 5.73 Å². The predicted octanol–water partition coefficient (Wildman–Crippen LogP) is 0.801. The molecule has 0 aliphatic carbocycles. The monoisotopic (exact) mass is 262 g/mol. The van der Waals surface area contributed by atoms with Gasteiger partial charge in [0.05, 0.1) is 6.42 Å². The largest absolute Gasteiger partial charge is 0.508 e. The number of hydrogen-bond donors (Lipinski definition) is 2. The van der Waals surface area contributed by atoms with Crippen molar-refractivity contribution >= 4 is 11.8 Å². The molecule has 0 saturated carbocycles. The number of benzene rings is 1. The first kappa shape index (κ1) is 13.4. The van der Waals surface area contributed by atoms with Crippen LogP contribution >= 0.6 is 0 Å². The van der Waals surface area contributed by atoms with Gasteiger partial charge in [0.2, 0.25) is 11.8 Å². The molecule has 1 atom stereocenters. The van der Waals surface area contributed by atoms with Gasteiger partial charge in [0.15, 0.2) is 0 Å². The standard InChI is InChI=1S/C14H18N2O3/c15-14(19)11-6-3-4-8-16(11)13(18)9-10-5-1-2-7-12(10)17/h1-2,5,7,11,17H,3-4,6,8-9H2,(H2,15,19). The van der Waals surface area contributed by atoms with Crippen molar-refractivity contribution in [1.29, 1.82) is 0 Å². The van der Waals surface area contributed by atoms with E-state index in [4.69, 9.17) is 5.73 Å². The number of primary amides is 1. The lowest BCUT2D eigenvalue weighted by atomic mass is 10.00. The molecule has 3 N–H and O–H groups in total. The second-order valence-corrected chi connectivity index (χ2v) is 4.81. The Bertz CT molecular complexity index is 487. The number of likely N-dealkylation sites (tertiary alicyclic amines) is 1. The first-order valence-corrected chi connectivity index (χ1v) is 6.45. The third kappa shape index (κ3) is 3.05. The van der Waals surface area contributed by atoms with E-state index in [1.165, 1.54) is 4.90 Å². The zero-order valence-corrected chi connectivity index (χ0v) is 10.7. The van der Waals surface area contributed by atoms with Crippen molar-refractivity contribution in [3.8, 4) is 5.75 Å². The highest BCUT2D eigenvalue weighted by Gasteiger charge is 2.30. The highest BCUT2D eigenvalue weighted by atomic mass is 16.3. The van der Waals surface area contributed by atoms with E-state index in [9.17, 15) is 14.7 Å². The molecule has 1 saturated heterocycles. The van der Waals surface area contributed by atoms with E-state index in [1.54, 1.807) is 24.3 Å². The number of carbonyl (C=O) groups is 2. The molecular weight excluding hydrogens is 244 g/mol. The first-order valence-electron chi connectivity index (χ1n) is 6.45. The summed E-state index contributed by atoms with van der Waals surface area (Å²) in [6.07, 6.45) is 2.52. The van der Waals surface area contributed by atoms with Gasteiger partial charge in [-0.15, -0.1) is 0 Å². The lowest BCUT2D eigenvalue weighted by Crippen LogP contribution is -2.50. The van der Waals surface area contributed by atoms with Crippen LogP contribution in [-0.2, 0) is 16.0 Å². The molecule has 2 rings (SSSR count). The average Bonchev–Trinajstić information content (AvgIpc) is 2.41. The summed E-state index contributed by atoms with van der Waals surface area (Å²) in [4.78, 5) is 25.1. The van der Waals surface area contributed by atoms with Gasteiger partial charge in [-0.2, -0.15) is 0 Å². The molecule has 1 heterocycles. The number of phenols is 1. The normalized spacial score (nSPS) is 19.2. The van der Waals surface area contributed by atoms with Gasteiger partial charge in [0, 0.05) is 12.1 Å². The number of rotatable bonds is 3. The Kier molecular flexibility index (Phi) is 4.04. The number of hydrogen-bond acceptors (Lipinski definition) is 3. The number of amides is 2. The molecule has 102 valence electrons. The van der Waals surface area contributed by atoms with Crippen LogP contribution in [0.25, 0.3) is 0 Å². The third-order valence-electron chi connectivity index (χ3n) is 3.48. The quantitative estimate of drug-likeness (QED) is 0.845. The molecule has 2 amide bonds. The van der Waals surface area contributed by atoms with Crippen molar-refractivity contribution < 1.29 is 14.7 Å². The molecule has 0 radical (unpaired) electrons. The number of para-hydroxylation sites is 1. The van der Waals surface area contributed by atoms with Crippen molar-refractivity contribution in [1.82, 2.24) is 4.90 Å². The van der Waals surface area contributed by atoms with Crippen LogP contribution in [0, 0.1) is 0 Å². The van der Waals surface area contributed by atoms with Crippen molar-refractivity contribution in [2.75, 3.05) is 6.54 Å². The summed E-state index contributed by atoms with van der Waals surface area (Å²) >= 11 is 0. The minimum Gasteiger partial charge on any atom is -0.508 e. The topological polar surface area (TPSA) is 83.6 Å². The molecule has 0 aromatic heterocycles. The average molecular weight is 262 g/mol. The van der Waals surface area contributed by atoms with Crippen molar-refractivity contribution in [2.24, 2.45) is 5.73 Å². The van der Waals surface area contributed by atoms with E-state index in [0.29, 0.717) is 18.5 Å². The molecule has 5 nitrogen and oxygen atoms in total. The Hall–Kier alpha value is -2.04. The van der Waals surface area contributed by atoms with Crippen LogP contribution in [0.5, 0.6) is 5.75 Å². The van der Waals surface area contributed by atoms with E-state index in [-0.39, 0.29) is 18.1 Å². The van der Waals surface area contributed by atoms with Crippen LogP contribution in [0.3, 0.4) is 0 Å². The Balaban J connectivity index is 2.10. The number of nitrogens with zero attached hydrogens (tertiary/aromatic N) is 1. The second kappa shape index (κ2) is 5.73. The van der Waals surface area contributed by atoms with Crippen LogP contribution in [0.2, 0.25) is 0 Å². The van der Waals surface area contributed by atoms with Gasteiger partial charge in [-0.3, -0.25) is 9.59 Å². The highest BCUT2D eigenvalue weighted by Crippen LogP contribution is 2.21. The summed E-state index contributed by atoms with van der Waals surface area (Å²) in [5, 5.41) is 9.67. The summed E-state index contributed by atoms with van der Waals surface area (Å²) < 4.78 is 0. The molecule has 5 heteroatoms. The maximum absolute atomic E-state index is 12.2. The Morgan fingerprint density at radius 1 is 1.32 bits per heavy atom. The van der Waals surface area contributed by atoms with Crippen LogP contribution in [0.4, 0.5) is 0 Å². The second-order valence-electron chi connectivity index (χ2n) is 4.81. The Morgan fingerprint density at radius 2 is 2.05 bits per heavy atom. The molecule has 1 aliphatic rings. The van der Waals surface area contributed by atoms with Crippen molar-refractivity contribution in [3.05, 3.63) is 29.8 Å². The molecule has 0 bridgehead atoms. The zero-order valence-electron chi connectivity index (χ0n) is 10.7. The maximum atomic E-state index is 12.2. The molecule has 1 unspecified atom stereocenters. The predicted molar refractivity (Wildman–Crippen MR) is 70.4 cm³/mol. The summed E-state index contributed by atoms with van der Waals surface area (Å²) in [5.41, 5.74) is 5.91. The van der Waals surface area contributed by atoms with E-state index >= 15 is 0 Å². The smallest absolute Gasteiger partial charge is 0.240 e. The summed E-state index contributed by atoms with van der Waals surface area (Å²) in [6.45, 7) is 0.556. The fourth-order valence-electron chi connectivity index (χ4n) is 2.45. The molecule has 1 aromatic rings. The first-order chi connectivity index (χ1) is 9.09. The third-order valence-corrected chi connectivity index (χ3v) is 3.48. The molecular formula is C14H18N2O3. The van der Waals surface area contributed by atoms with Gasteiger partial charge in [-0.1, -0.05) is 18.2 Å². The van der Waals surface area contributed by atoms with E-state index in [2.05, 4.69) is 0 Å². The molecule has 1 fully saturated rings. The molecule has 0 spiro atoms. The summed E-state index contributed by atoms with van der Waals surface area (Å²) in [7, 11) is 0. The van der Waals surface area contributed by atoms with Gasteiger partial charge in [0.1, 0.15) is 11.8 Å². The minimum atomic E-state index is -0.507. The number of phenolic OH excluding ortho intramolecular Hbond substituents is 1. The highest BCUT2D eigenvalue weighted by molar-refractivity contribution is 5.88. The molecule has 1 aromatic carbocycles. The van der Waals surface area contributed by atoms with Crippen LogP contribution in [0.1, 0.15) is 24.8 Å². The van der Waals surface area contributed by atoms with E-state index in [1.807, 2.05) is 0 Å². The van der Waals surface area contributed by atoms with E-state index < -0.39 is 11.9 Å². The van der Waals surface area contributed by atoms with Gasteiger partial charge >= 0.3 is 0 Å². The van der Waals surface area contributed by atoms with Gasteiger partial charge < -0.3 is 15.7 Å². The SMILES string of the molecule is NC(=O)C1CCCCN1C(=O)Cc1ccccc1O. The van der Waals surface area contributed by atoms with Gasteiger partial charge in [0.25, 0.3) is 0 Å². The Labute approximate surface area is 112 Å². The fraction of sp³-hybridized carbons (Fsp3) is 0.429. The number of piperidine rings is 1. The van der Waals surface area contributed by atoms with Gasteiger partial charge in [-0.05, 0) is 25.3 Å². The fourth-order valence-corrected chi connectivity index (χ4v) is 2.45. The zero-order chi connectivity index (χ0) is 13.8. The van der Waals surface area contributed by atoms with Crippen LogP contribution in [0.15, 0.2) is 24.3 Å². The van der Waals surface area contributed by atoms with Crippen LogP contribution in [-0.4, -0.2) is 34.4 Å². The maximum Gasteiger partial charge on any atom is 0.240 e. The molecule has 19 heavy (non-hydrogen) atoms. The molecule has 1 aliphatic heterocycles. The van der Waals surface area contributed by atoms with Crippen molar-refractivity contribution in [2.45, 2.75) is 31.7 Å². The van der Waals surface area contributed by atoms with Crippen molar-refractivity contribution in [3.63, 3.8) is 0 Å². The number of nitrogens with two attached hydrogens (primary N) is 1. The number of aromatic hydroxyl groups is 1. The lowest BCUT2D eigenvalue weighted by molar-refractivity contribution is -0.140. The number of carbonyl (C=O) groups excluding carboxylic acids is 2. The van der Waals surface area contributed by atoms with E-state index in [0.717, 1.165) is 12.8 Å². The Morgan fingerprint density at radius 3 is 2.74 bits per heavy atom. The lowest BCUT2D eigenvalue weighted by Gasteiger charge is -2.33. The minimum absolute atomic E-state index is 0.0937. The summed E-state index contributed by atoms with van der Waals surface area (Å²) in [6, 6.07) is 6.22. The van der Waals surface area contributed by atoms with Gasteiger partial charge in [-0.25, -0.2) is 0 Å².